The van der Waals surface area contributed by atoms with Crippen molar-refractivity contribution < 1.29 is 26.4 Å². The molecular formula is C18H24F3N3O3S. The quantitative estimate of drug-likeness (QED) is 0.807. The van der Waals surface area contributed by atoms with Crippen LogP contribution in [0.5, 0.6) is 0 Å². The average molecular weight is 419 g/mol. The Morgan fingerprint density at radius 3 is 2.25 bits per heavy atom. The summed E-state index contributed by atoms with van der Waals surface area (Å²) in [7, 11) is -2.92. The topological polar surface area (TPSA) is 69.7 Å². The van der Waals surface area contributed by atoms with Gasteiger partial charge in [0, 0.05) is 37.9 Å². The number of alkyl halides is 3. The third-order valence-electron chi connectivity index (χ3n) is 5.48. The molecular weight excluding hydrogens is 395 g/mol. The van der Waals surface area contributed by atoms with E-state index < -0.39 is 27.6 Å². The third-order valence-corrected chi connectivity index (χ3v) is 7.23. The van der Waals surface area contributed by atoms with Gasteiger partial charge in [0.25, 0.3) is 0 Å². The summed E-state index contributed by atoms with van der Waals surface area (Å²) in [6.45, 7) is 4.42. The van der Waals surface area contributed by atoms with Crippen LogP contribution in [0.4, 0.5) is 18.9 Å². The third kappa shape index (κ3) is 5.03. The SMILES string of the molecule is CC(C(=O)Nc1ccc(C(F)(F)F)cc1)N1CCN(C2CCS(=O)(=O)C2)CC1. The van der Waals surface area contributed by atoms with Crippen molar-refractivity contribution in [2.75, 3.05) is 43.0 Å². The monoisotopic (exact) mass is 419 g/mol. The van der Waals surface area contributed by atoms with Gasteiger partial charge >= 0.3 is 6.18 Å². The molecule has 10 heteroatoms. The molecule has 2 aliphatic heterocycles. The number of halogens is 3. The molecule has 2 aliphatic rings. The second-order valence-corrected chi connectivity index (χ2v) is 9.60. The maximum absolute atomic E-state index is 12.6. The van der Waals surface area contributed by atoms with Gasteiger partial charge in [0.1, 0.15) is 0 Å². The summed E-state index contributed by atoms with van der Waals surface area (Å²) in [5.41, 5.74) is -0.441. The second-order valence-electron chi connectivity index (χ2n) is 7.37. The lowest BCUT2D eigenvalue weighted by Gasteiger charge is -2.39. The number of amides is 1. The van der Waals surface area contributed by atoms with Crippen LogP contribution in [-0.2, 0) is 20.8 Å². The number of nitrogens with one attached hydrogen (secondary N) is 1. The van der Waals surface area contributed by atoms with Crippen molar-refractivity contribution in [3.05, 3.63) is 29.8 Å². The van der Waals surface area contributed by atoms with E-state index in [1.54, 1.807) is 6.92 Å². The Hall–Kier alpha value is -1.65. The second kappa shape index (κ2) is 8.00. The molecule has 0 radical (unpaired) electrons. The van der Waals surface area contributed by atoms with Crippen molar-refractivity contribution in [2.45, 2.75) is 31.6 Å². The Morgan fingerprint density at radius 2 is 1.75 bits per heavy atom. The fourth-order valence-electron chi connectivity index (χ4n) is 3.71. The first-order valence-corrected chi connectivity index (χ1v) is 11.0. The first-order chi connectivity index (χ1) is 13.0. The number of hydrogen-bond acceptors (Lipinski definition) is 5. The predicted molar refractivity (Wildman–Crippen MR) is 99.7 cm³/mol. The van der Waals surface area contributed by atoms with E-state index in [-0.39, 0.29) is 23.5 Å². The Morgan fingerprint density at radius 1 is 1.14 bits per heavy atom. The van der Waals surface area contributed by atoms with Crippen LogP contribution in [-0.4, -0.2) is 73.9 Å². The normalized spacial score (nSPS) is 24.8. The van der Waals surface area contributed by atoms with E-state index in [2.05, 4.69) is 10.2 Å². The highest BCUT2D eigenvalue weighted by Gasteiger charge is 2.35. The summed E-state index contributed by atoms with van der Waals surface area (Å²) < 4.78 is 61.1. The average Bonchev–Trinajstić information content (AvgIpc) is 3.01. The molecule has 2 heterocycles. The van der Waals surface area contributed by atoms with Crippen molar-refractivity contribution in [3.63, 3.8) is 0 Å². The summed E-state index contributed by atoms with van der Waals surface area (Å²) in [6, 6.07) is 3.99. The Bertz CT molecular complexity index is 804. The van der Waals surface area contributed by atoms with E-state index in [9.17, 15) is 26.4 Å². The van der Waals surface area contributed by atoms with Gasteiger partial charge in [-0.25, -0.2) is 8.42 Å². The minimum Gasteiger partial charge on any atom is -0.325 e. The van der Waals surface area contributed by atoms with Gasteiger partial charge in [-0.15, -0.1) is 0 Å². The minimum atomic E-state index is -4.41. The van der Waals surface area contributed by atoms with Gasteiger partial charge < -0.3 is 5.32 Å². The van der Waals surface area contributed by atoms with Gasteiger partial charge in [-0.05, 0) is 37.6 Å². The highest BCUT2D eigenvalue weighted by Crippen LogP contribution is 2.30. The van der Waals surface area contributed by atoms with Gasteiger partial charge in [0.05, 0.1) is 23.1 Å². The lowest BCUT2D eigenvalue weighted by atomic mass is 10.1. The van der Waals surface area contributed by atoms with Crippen molar-refractivity contribution in [2.24, 2.45) is 0 Å². The Kier molecular flexibility index (Phi) is 6.02. The number of sulfone groups is 1. The van der Waals surface area contributed by atoms with Gasteiger partial charge in [-0.2, -0.15) is 13.2 Å². The fourth-order valence-corrected chi connectivity index (χ4v) is 5.47. The van der Waals surface area contributed by atoms with E-state index in [0.717, 1.165) is 12.1 Å². The molecule has 0 saturated carbocycles. The van der Waals surface area contributed by atoms with Crippen LogP contribution in [0, 0.1) is 0 Å². The molecule has 2 atom stereocenters. The van der Waals surface area contributed by atoms with Crippen LogP contribution in [0.25, 0.3) is 0 Å². The molecule has 0 aliphatic carbocycles. The van der Waals surface area contributed by atoms with Crippen LogP contribution >= 0.6 is 0 Å². The molecule has 1 N–H and O–H groups in total. The maximum atomic E-state index is 12.6. The molecule has 2 fully saturated rings. The Balaban J connectivity index is 1.50. The van der Waals surface area contributed by atoms with E-state index in [1.165, 1.54) is 12.1 Å². The van der Waals surface area contributed by atoms with Crippen molar-refractivity contribution in [1.82, 2.24) is 9.80 Å². The van der Waals surface area contributed by atoms with E-state index in [4.69, 9.17) is 0 Å². The summed E-state index contributed by atoms with van der Waals surface area (Å²) in [5, 5.41) is 2.65. The van der Waals surface area contributed by atoms with Crippen molar-refractivity contribution in [1.29, 1.82) is 0 Å². The number of hydrogen-bond donors (Lipinski definition) is 1. The molecule has 156 valence electrons. The number of nitrogens with zero attached hydrogens (tertiary/aromatic N) is 2. The number of rotatable bonds is 4. The molecule has 3 rings (SSSR count). The molecule has 1 aromatic carbocycles. The number of benzene rings is 1. The van der Waals surface area contributed by atoms with E-state index >= 15 is 0 Å². The molecule has 0 spiro atoms. The molecule has 0 aromatic heterocycles. The van der Waals surface area contributed by atoms with Gasteiger partial charge in [-0.3, -0.25) is 14.6 Å². The molecule has 2 saturated heterocycles. The zero-order chi connectivity index (χ0) is 20.5. The lowest BCUT2D eigenvalue weighted by molar-refractivity contribution is -0.137. The number of anilines is 1. The first-order valence-electron chi connectivity index (χ1n) is 9.22. The van der Waals surface area contributed by atoms with Crippen molar-refractivity contribution >= 4 is 21.4 Å². The predicted octanol–water partition coefficient (Wildman–Crippen LogP) is 1.84. The first kappa shape index (κ1) is 21.1. The molecule has 2 unspecified atom stereocenters. The lowest BCUT2D eigenvalue weighted by Crippen LogP contribution is -2.55. The molecule has 28 heavy (non-hydrogen) atoms. The standard InChI is InChI=1S/C18H24F3N3O3S/c1-13(17(25)22-15-4-2-14(3-5-15)18(19,20)21)23-7-9-24(10-8-23)16-6-11-28(26,27)12-16/h2-5,13,16H,6-12H2,1H3,(H,22,25). The molecule has 1 amide bonds. The molecule has 6 nitrogen and oxygen atoms in total. The maximum Gasteiger partial charge on any atom is 0.416 e. The zero-order valence-electron chi connectivity index (χ0n) is 15.6. The largest absolute Gasteiger partial charge is 0.416 e. The van der Waals surface area contributed by atoms with Crippen LogP contribution in [0.2, 0.25) is 0 Å². The van der Waals surface area contributed by atoms with E-state index in [1.807, 2.05) is 4.90 Å². The summed E-state index contributed by atoms with van der Waals surface area (Å²) in [6.07, 6.45) is -3.75. The minimum absolute atomic E-state index is 0.0587. The Labute approximate surface area is 162 Å². The van der Waals surface area contributed by atoms with Crippen LogP contribution in [0.3, 0.4) is 0 Å². The molecule has 1 aromatic rings. The van der Waals surface area contributed by atoms with Gasteiger partial charge in [-0.1, -0.05) is 0 Å². The summed E-state index contributed by atoms with van der Waals surface area (Å²) in [5.74, 6) is 0.164. The zero-order valence-corrected chi connectivity index (χ0v) is 16.4. The fraction of sp³-hybridized carbons (Fsp3) is 0.611. The van der Waals surface area contributed by atoms with Crippen LogP contribution in [0.15, 0.2) is 24.3 Å². The van der Waals surface area contributed by atoms with Gasteiger partial charge in [0.15, 0.2) is 9.84 Å². The van der Waals surface area contributed by atoms with Crippen LogP contribution in [0.1, 0.15) is 18.9 Å². The number of piperazine rings is 1. The summed E-state index contributed by atoms with van der Waals surface area (Å²) >= 11 is 0. The van der Waals surface area contributed by atoms with Crippen LogP contribution < -0.4 is 5.32 Å². The summed E-state index contributed by atoms with van der Waals surface area (Å²) in [4.78, 5) is 16.6. The molecule has 0 bridgehead atoms. The smallest absolute Gasteiger partial charge is 0.325 e. The van der Waals surface area contributed by atoms with E-state index in [0.29, 0.717) is 38.3 Å². The number of carbonyl (C=O) groups is 1. The van der Waals surface area contributed by atoms with Crippen molar-refractivity contribution in [3.8, 4) is 0 Å². The highest BCUT2D eigenvalue weighted by molar-refractivity contribution is 7.91. The highest BCUT2D eigenvalue weighted by atomic mass is 32.2. The number of carbonyl (C=O) groups excluding carboxylic acids is 1. The van der Waals surface area contributed by atoms with Gasteiger partial charge in [0.2, 0.25) is 5.91 Å².